The van der Waals surface area contributed by atoms with Crippen molar-refractivity contribution in [2.24, 2.45) is 0 Å². The maximum absolute atomic E-state index is 10.3. The molecule has 78 valence electrons. The normalized spacial score (nSPS) is 6.31. The summed E-state index contributed by atoms with van der Waals surface area (Å²) in [4.78, 5) is 10.3. The maximum atomic E-state index is 10.3. The van der Waals surface area contributed by atoms with Crippen molar-refractivity contribution < 1.29 is 4.79 Å². The van der Waals surface area contributed by atoms with Crippen molar-refractivity contribution >= 4 is 5.78 Å². The van der Waals surface area contributed by atoms with Crippen molar-refractivity contribution in [3.05, 3.63) is 0 Å². The van der Waals surface area contributed by atoms with E-state index in [2.05, 4.69) is 11.8 Å². The molecule has 0 unspecified atom stereocenters. The van der Waals surface area contributed by atoms with E-state index in [1.165, 1.54) is 0 Å². The Morgan fingerprint density at radius 3 is 1.85 bits per heavy atom. The van der Waals surface area contributed by atoms with Gasteiger partial charge >= 0.3 is 0 Å². The van der Waals surface area contributed by atoms with Gasteiger partial charge in [0, 0.05) is 19.3 Å². The third-order valence-corrected chi connectivity index (χ3v) is 0.904. The average Bonchev–Trinajstić information content (AvgIpc) is 2.19. The molecule has 0 bridgehead atoms. The van der Waals surface area contributed by atoms with Gasteiger partial charge in [0.2, 0.25) is 0 Å². The lowest BCUT2D eigenvalue weighted by molar-refractivity contribution is -0.116. The zero-order valence-electron chi connectivity index (χ0n) is 10.0. The van der Waals surface area contributed by atoms with Gasteiger partial charge in [-0.25, -0.2) is 0 Å². The zero-order chi connectivity index (χ0) is 11.1. The molecular formula is C12H24O. The summed E-state index contributed by atoms with van der Waals surface area (Å²) in [5.74, 6) is 6.02. The molecule has 0 rings (SSSR count). The lowest BCUT2D eigenvalue weighted by Gasteiger charge is -1.82. The third-order valence-electron chi connectivity index (χ3n) is 0.904. The number of carbonyl (C=O) groups excluding carboxylic acids is 1. The van der Waals surface area contributed by atoms with Crippen LogP contribution in [0, 0.1) is 11.8 Å². The minimum absolute atomic E-state index is 0.223. The number of hydrogen-bond acceptors (Lipinski definition) is 1. The van der Waals surface area contributed by atoms with Gasteiger partial charge in [0.05, 0.1) is 0 Å². The molecule has 0 aliphatic rings. The van der Waals surface area contributed by atoms with Crippen LogP contribution in [0.1, 0.15) is 60.8 Å². The standard InChI is InChI=1S/C8H12O.2C2H6/c1-3-4-5-6-7-8(2)9;2*1-2/h3,6-7H2,1-2H3;2*1-2H3. The summed E-state index contributed by atoms with van der Waals surface area (Å²) in [5, 5.41) is 0. The van der Waals surface area contributed by atoms with E-state index in [9.17, 15) is 4.79 Å². The van der Waals surface area contributed by atoms with Crippen LogP contribution in [-0.4, -0.2) is 5.78 Å². The third kappa shape index (κ3) is 35.0. The summed E-state index contributed by atoms with van der Waals surface area (Å²) in [5.41, 5.74) is 0. The van der Waals surface area contributed by atoms with Gasteiger partial charge in [0.15, 0.2) is 0 Å². The summed E-state index contributed by atoms with van der Waals surface area (Å²) in [6, 6.07) is 0. The van der Waals surface area contributed by atoms with E-state index in [4.69, 9.17) is 0 Å². The highest BCUT2D eigenvalue weighted by molar-refractivity contribution is 5.75. The van der Waals surface area contributed by atoms with E-state index in [1.54, 1.807) is 6.92 Å². The van der Waals surface area contributed by atoms with Crippen LogP contribution >= 0.6 is 0 Å². The van der Waals surface area contributed by atoms with Crippen molar-refractivity contribution in [3.8, 4) is 11.8 Å². The van der Waals surface area contributed by atoms with Gasteiger partial charge in [-0.3, -0.25) is 4.79 Å². The molecule has 0 atom stereocenters. The van der Waals surface area contributed by atoms with Crippen LogP contribution in [0.4, 0.5) is 0 Å². The number of ketones is 1. The first-order valence-corrected chi connectivity index (χ1v) is 5.22. The van der Waals surface area contributed by atoms with Crippen LogP contribution in [0.2, 0.25) is 0 Å². The Balaban J connectivity index is -0.000000218. The summed E-state index contributed by atoms with van der Waals surface area (Å²) in [7, 11) is 0. The van der Waals surface area contributed by atoms with Gasteiger partial charge in [0.25, 0.3) is 0 Å². The van der Waals surface area contributed by atoms with Crippen molar-refractivity contribution in [2.45, 2.75) is 60.8 Å². The molecule has 0 spiro atoms. The fourth-order valence-electron chi connectivity index (χ4n) is 0.452. The second-order valence-electron chi connectivity index (χ2n) is 1.91. The van der Waals surface area contributed by atoms with E-state index < -0.39 is 0 Å². The predicted octanol–water partition coefficient (Wildman–Crippen LogP) is 3.82. The molecular weight excluding hydrogens is 160 g/mol. The van der Waals surface area contributed by atoms with Crippen LogP contribution in [-0.2, 0) is 4.79 Å². The molecule has 0 fully saturated rings. The topological polar surface area (TPSA) is 17.1 Å². The smallest absolute Gasteiger partial charge is 0.130 e. The van der Waals surface area contributed by atoms with E-state index in [1.807, 2.05) is 34.6 Å². The Labute approximate surface area is 83.9 Å². The van der Waals surface area contributed by atoms with Crippen molar-refractivity contribution in [2.75, 3.05) is 0 Å². The van der Waals surface area contributed by atoms with Crippen molar-refractivity contribution in [1.29, 1.82) is 0 Å². The molecule has 13 heavy (non-hydrogen) atoms. The minimum Gasteiger partial charge on any atom is -0.300 e. The molecule has 0 aromatic heterocycles. The Hall–Kier alpha value is -0.770. The number of rotatable bonds is 2. The lowest BCUT2D eigenvalue weighted by Crippen LogP contribution is -1.86. The zero-order valence-corrected chi connectivity index (χ0v) is 10.0. The largest absolute Gasteiger partial charge is 0.300 e. The first-order chi connectivity index (χ1) is 6.27. The molecule has 0 aromatic carbocycles. The van der Waals surface area contributed by atoms with Crippen molar-refractivity contribution in [1.82, 2.24) is 0 Å². The monoisotopic (exact) mass is 184 g/mol. The SMILES string of the molecule is CC.CC.CCC#CCCC(C)=O. The van der Waals surface area contributed by atoms with Crippen LogP contribution in [0.3, 0.4) is 0 Å². The summed E-state index contributed by atoms with van der Waals surface area (Å²) in [6.45, 7) is 11.6. The quantitative estimate of drug-likeness (QED) is 0.596. The van der Waals surface area contributed by atoms with Gasteiger partial charge in [-0.2, -0.15) is 0 Å². The van der Waals surface area contributed by atoms with Gasteiger partial charge in [-0.1, -0.05) is 34.6 Å². The molecule has 0 saturated carbocycles. The Morgan fingerprint density at radius 1 is 1.08 bits per heavy atom. The molecule has 0 N–H and O–H groups in total. The molecule has 0 radical (unpaired) electrons. The Kier molecular flexibility index (Phi) is 31.3. The van der Waals surface area contributed by atoms with Gasteiger partial charge in [0.1, 0.15) is 5.78 Å². The van der Waals surface area contributed by atoms with E-state index >= 15 is 0 Å². The summed E-state index contributed by atoms with van der Waals surface area (Å²) < 4.78 is 0. The van der Waals surface area contributed by atoms with Crippen LogP contribution in [0.5, 0.6) is 0 Å². The summed E-state index contributed by atoms with van der Waals surface area (Å²) in [6.07, 6.45) is 2.22. The fourth-order valence-corrected chi connectivity index (χ4v) is 0.452. The van der Waals surface area contributed by atoms with E-state index in [0.717, 1.165) is 12.8 Å². The second kappa shape index (κ2) is 22.5. The number of Topliss-reactive ketones (excluding diaryl/α,β-unsaturated/α-hetero) is 1. The Morgan fingerprint density at radius 2 is 1.54 bits per heavy atom. The molecule has 0 saturated heterocycles. The summed E-state index contributed by atoms with van der Waals surface area (Å²) >= 11 is 0. The first kappa shape index (κ1) is 18.1. The van der Waals surface area contributed by atoms with Gasteiger partial charge < -0.3 is 0 Å². The maximum Gasteiger partial charge on any atom is 0.130 e. The van der Waals surface area contributed by atoms with Gasteiger partial charge in [-0.05, 0) is 6.92 Å². The highest BCUT2D eigenvalue weighted by atomic mass is 16.1. The van der Waals surface area contributed by atoms with Gasteiger partial charge in [-0.15, -0.1) is 11.8 Å². The van der Waals surface area contributed by atoms with Crippen LogP contribution < -0.4 is 0 Å². The second-order valence-corrected chi connectivity index (χ2v) is 1.91. The average molecular weight is 184 g/mol. The molecule has 1 heteroatoms. The molecule has 0 aromatic rings. The molecule has 0 amide bonds. The highest BCUT2D eigenvalue weighted by Crippen LogP contribution is 1.86. The lowest BCUT2D eigenvalue weighted by atomic mass is 10.2. The van der Waals surface area contributed by atoms with Crippen molar-refractivity contribution in [3.63, 3.8) is 0 Å². The highest BCUT2D eigenvalue weighted by Gasteiger charge is 1.86. The predicted molar refractivity (Wildman–Crippen MR) is 60.7 cm³/mol. The van der Waals surface area contributed by atoms with E-state index in [0.29, 0.717) is 6.42 Å². The molecule has 0 heterocycles. The number of hydrogen-bond donors (Lipinski definition) is 0. The fraction of sp³-hybridized carbons (Fsp3) is 0.750. The van der Waals surface area contributed by atoms with E-state index in [-0.39, 0.29) is 5.78 Å². The minimum atomic E-state index is 0.223. The molecule has 0 aliphatic heterocycles. The van der Waals surface area contributed by atoms with Crippen LogP contribution in [0.15, 0.2) is 0 Å². The first-order valence-electron chi connectivity index (χ1n) is 5.22. The molecule has 1 nitrogen and oxygen atoms in total. The molecule has 0 aliphatic carbocycles. The van der Waals surface area contributed by atoms with Crippen LogP contribution in [0.25, 0.3) is 0 Å². The Bertz CT molecular complexity index is 137. The number of carbonyl (C=O) groups is 1.